The molecule has 0 atom stereocenters. The van der Waals surface area contributed by atoms with Crippen molar-refractivity contribution in [2.24, 2.45) is 22.2 Å². The first-order chi connectivity index (χ1) is 16.6. The number of benzene rings is 1. The Morgan fingerprint density at radius 2 is 1.69 bits per heavy atom. The molecular formula is C31H60N4. The van der Waals surface area contributed by atoms with E-state index in [4.69, 9.17) is 0 Å². The number of anilines is 1. The second-order valence-corrected chi connectivity index (χ2v) is 11.3. The second kappa shape index (κ2) is 18.8. The highest BCUT2D eigenvalue weighted by atomic mass is 15.2. The Kier molecular flexibility index (Phi) is 18.1. The third-order valence-corrected chi connectivity index (χ3v) is 6.92. The first-order valence-corrected chi connectivity index (χ1v) is 14.3. The monoisotopic (exact) mass is 488 g/mol. The van der Waals surface area contributed by atoms with Gasteiger partial charge >= 0.3 is 0 Å². The van der Waals surface area contributed by atoms with Gasteiger partial charge in [0.2, 0.25) is 0 Å². The van der Waals surface area contributed by atoms with Crippen molar-refractivity contribution in [3.63, 3.8) is 0 Å². The zero-order valence-corrected chi connectivity index (χ0v) is 25.3. The van der Waals surface area contributed by atoms with Crippen molar-refractivity contribution in [1.82, 2.24) is 10.2 Å². The number of unbranched alkanes of at least 4 members (excludes halogenated alkanes) is 1. The Balaban J connectivity index is 0.00000126. The van der Waals surface area contributed by atoms with Crippen LogP contribution in [0.2, 0.25) is 0 Å². The van der Waals surface area contributed by atoms with E-state index in [1.54, 1.807) is 0 Å². The van der Waals surface area contributed by atoms with Crippen molar-refractivity contribution in [2.45, 2.75) is 106 Å². The summed E-state index contributed by atoms with van der Waals surface area (Å²) in [6.07, 6.45) is 8.99. The maximum absolute atomic E-state index is 4.56. The molecule has 0 spiro atoms. The van der Waals surface area contributed by atoms with Crippen molar-refractivity contribution < 1.29 is 0 Å². The Hall–Kier alpha value is -1.39. The van der Waals surface area contributed by atoms with Gasteiger partial charge in [0, 0.05) is 18.8 Å². The number of aliphatic imine (C=N–C) groups is 1. The molecule has 0 radical (unpaired) electrons. The molecular weight excluding hydrogens is 428 g/mol. The van der Waals surface area contributed by atoms with Crippen LogP contribution in [0.15, 0.2) is 29.3 Å². The molecule has 0 aliphatic heterocycles. The number of hydrogen-bond donors (Lipinski definition) is 2. The molecule has 4 heteroatoms. The predicted molar refractivity (Wildman–Crippen MR) is 160 cm³/mol. The van der Waals surface area contributed by atoms with Crippen LogP contribution in [0.3, 0.4) is 0 Å². The van der Waals surface area contributed by atoms with Crippen LogP contribution < -0.4 is 10.6 Å². The molecule has 1 saturated carbocycles. The lowest BCUT2D eigenvalue weighted by atomic mass is 9.71. The van der Waals surface area contributed by atoms with Gasteiger partial charge in [0.25, 0.3) is 0 Å². The molecule has 0 heterocycles. The highest BCUT2D eigenvalue weighted by Crippen LogP contribution is 2.38. The van der Waals surface area contributed by atoms with Crippen LogP contribution in [-0.4, -0.2) is 51.0 Å². The fourth-order valence-corrected chi connectivity index (χ4v) is 4.68. The van der Waals surface area contributed by atoms with E-state index in [0.717, 1.165) is 31.3 Å². The van der Waals surface area contributed by atoms with Crippen molar-refractivity contribution in [1.29, 1.82) is 0 Å². The summed E-state index contributed by atoms with van der Waals surface area (Å²) in [6, 6.07) is 9.32. The fraction of sp³-hybridized carbons (Fsp3) is 0.774. The summed E-state index contributed by atoms with van der Waals surface area (Å²) in [7, 11) is 6.14. The highest BCUT2D eigenvalue weighted by Gasteiger charge is 2.31. The quantitative estimate of drug-likeness (QED) is 0.211. The molecule has 0 saturated heterocycles. The van der Waals surface area contributed by atoms with E-state index in [1.807, 2.05) is 27.9 Å². The molecule has 1 aliphatic carbocycles. The van der Waals surface area contributed by atoms with E-state index in [0.29, 0.717) is 17.4 Å². The topological polar surface area (TPSA) is 39.7 Å². The second-order valence-electron chi connectivity index (χ2n) is 11.3. The molecule has 0 aromatic heterocycles. The average Bonchev–Trinajstić information content (AvgIpc) is 2.84. The molecule has 1 fully saturated rings. The summed E-state index contributed by atoms with van der Waals surface area (Å²) in [4.78, 5) is 7.06. The molecule has 1 aliphatic rings. The largest absolute Gasteiger partial charge is 0.343 e. The van der Waals surface area contributed by atoms with E-state index in [-0.39, 0.29) is 0 Å². The van der Waals surface area contributed by atoms with Gasteiger partial charge in [-0.15, -0.1) is 0 Å². The van der Waals surface area contributed by atoms with Crippen molar-refractivity contribution >= 4 is 11.5 Å². The maximum Gasteiger partial charge on any atom is 0.115 e. The number of likely N-dealkylation sites (N-methyl/N-ethyl adjacent to an activating group) is 1. The summed E-state index contributed by atoms with van der Waals surface area (Å²) >= 11 is 0. The van der Waals surface area contributed by atoms with E-state index in [2.05, 4.69) is 93.4 Å². The van der Waals surface area contributed by atoms with Crippen LogP contribution in [0.1, 0.15) is 99.5 Å². The SMILES string of the molecule is CC.CCCCNC.CN=C(CN(C)C1CCC(C(C)(C)C)CC1)Nc1ccccc1CC(C)C. The van der Waals surface area contributed by atoms with Gasteiger partial charge < -0.3 is 10.6 Å². The van der Waals surface area contributed by atoms with Gasteiger partial charge in [-0.3, -0.25) is 9.89 Å². The molecule has 2 N–H and O–H groups in total. The van der Waals surface area contributed by atoms with Crippen molar-refractivity contribution in [3.8, 4) is 0 Å². The van der Waals surface area contributed by atoms with Crippen LogP contribution in [0.5, 0.6) is 0 Å². The molecule has 1 aromatic rings. The molecule has 4 nitrogen and oxygen atoms in total. The third-order valence-electron chi connectivity index (χ3n) is 6.92. The van der Waals surface area contributed by atoms with Gasteiger partial charge in [0.05, 0.1) is 6.54 Å². The molecule has 35 heavy (non-hydrogen) atoms. The van der Waals surface area contributed by atoms with E-state index >= 15 is 0 Å². The predicted octanol–water partition coefficient (Wildman–Crippen LogP) is 7.89. The van der Waals surface area contributed by atoms with Gasteiger partial charge in [0.15, 0.2) is 0 Å². The van der Waals surface area contributed by atoms with E-state index in [9.17, 15) is 0 Å². The van der Waals surface area contributed by atoms with E-state index in [1.165, 1.54) is 49.8 Å². The number of para-hydroxylation sites is 1. The first-order valence-electron chi connectivity index (χ1n) is 14.3. The number of amidine groups is 1. The van der Waals surface area contributed by atoms with Gasteiger partial charge in [-0.1, -0.05) is 80.0 Å². The summed E-state index contributed by atoms with van der Waals surface area (Å²) in [5.41, 5.74) is 3.03. The standard InChI is InChI=1S/C24H41N3.C5H13N.C2H6/c1-18(2)16-19-10-8-9-11-22(19)26-23(25-6)17-27(7)21-14-12-20(13-15-21)24(3,4)5;1-3-4-5-6-2;1-2/h8-11,18,20-21H,12-17H2,1-7H3,(H,25,26);6H,3-5H2,1-2H3;1-2H3. The Morgan fingerprint density at radius 3 is 2.14 bits per heavy atom. The van der Waals surface area contributed by atoms with Gasteiger partial charge in [0.1, 0.15) is 5.84 Å². The number of hydrogen-bond acceptors (Lipinski definition) is 3. The van der Waals surface area contributed by atoms with Gasteiger partial charge in [-0.05, 0) is 88.0 Å². The lowest BCUT2D eigenvalue weighted by Gasteiger charge is -2.40. The number of nitrogens with zero attached hydrogens (tertiary/aromatic N) is 2. The zero-order valence-electron chi connectivity index (χ0n) is 25.3. The minimum absolute atomic E-state index is 0.446. The molecule has 1 aromatic carbocycles. The van der Waals surface area contributed by atoms with Gasteiger partial charge in [-0.2, -0.15) is 0 Å². The van der Waals surface area contributed by atoms with Crippen LogP contribution in [0.25, 0.3) is 0 Å². The molecule has 204 valence electrons. The van der Waals surface area contributed by atoms with Crippen LogP contribution in [0, 0.1) is 17.3 Å². The summed E-state index contributed by atoms with van der Waals surface area (Å²) in [5, 5.41) is 6.68. The average molecular weight is 489 g/mol. The molecule has 0 amide bonds. The Bertz CT molecular complexity index is 663. The Labute approximate surface area is 219 Å². The highest BCUT2D eigenvalue weighted by molar-refractivity contribution is 5.97. The smallest absolute Gasteiger partial charge is 0.115 e. The fourth-order valence-electron chi connectivity index (χ4n) is 4.68. The lowest BCUT2D eigenvalue weighted by molar-refractivity contribution is 0.119. The molecule has 2 rings (SSSR count). The minimum Gasteiger partial charge on any atom is -0.343 e. The maximum atomic E-state index is 4.56. The van der Waals surface area contributed by atoms with Crippen LogP contribution >= 0.6 is 0 Å². The molecule has 0 bridgehead atoms. The Morgan fingerprint density at radius 1 is 1.09 bits per heavy atom. The summed E-state index contributed by atoms with van der Waals surface area (Å²) in [5.74, 6) is 2.57. The number of rotatable bonds is 9. The normalized spacial score (nSPS) is 18.5. The minimum atomic E-state index is 0.446. The molecule has 0 unspecified atom stereocenters. The van der Waals surface area contributed by atoms with Crippen molar-refractivity contribution in [2.75, 3.05) is 39.5 Å². The first kappa shape index (κ1) is 33.6. The third kappa shape index (κ3) is 14.1. The summed E-state index contributed by atoms with van der Waals surface area (Å²) in [6.45, 7) is 20.0. The van der Waals surface area contributed by atoms with Crippen LogP contribution in [0.4, 0.5) is 5.69 Å². The van der Waals surface area contributed by atoms with Gasteiger partial charge in [-0.25, -0.2) is 0 Å². The van der Waals surface area contributed by atoms with E-state index < -0.39 is 0 Å². The van der Waals surface area contributed by atoms with Crippen molar-refractivity contribution in [3.05, 3.63) is 29.8 Å². The van der Waals surface area contributed by atoms with Crippen LogP contribution in [-0.2, 0) is 6.42 Å². The number of nitrogens with one attached hydrogen (secondary N) is 2. The summed E-state index contributed by atoms with van der Waals surface area (Å²) < 4.78 is 0. The lowest BCUT2D eigenvalue weighted by Crippen LogP contribution is -2.41. The zero-order chi connectivity index (χ0) is 26.9.